The van der Waals surface area contributed by atoms with E-state index in [2.05, 4.69) is 10.0 Å². The average molecular weight is 412 g/mol. The van der Waals surface area contributed by atoms with Crippen LogP contribution < -0.4 is 15.8 Å². The summed E-state index contributed by atoms with van der Waals surface area (Å²) in [6.45, 7) is 3.38. The molecule has 0 radical (unpaired) electrons. The molecular formula is C19H29N3O5S. The summed E-state index contributed by atoms with van der Waals surface area (Å²) in [5, 5.41) is 3.42. The Morgan fingerprint density at radius 2 is 2.00 bits per heavy atom. The molecule has 0 saturated heterocycles. The third-order valence-corrected chi connectivity index (χ3v) is 6.81. The lowest BCUT2D eigenvalue weighted by Gasteiger charge is -2.29. The molecule has 1 aromatic carbocycles. The number of benzene rings is 1. The third-order valence-electron chi connectivity index (χ3n) is 5.36. The van der Waals surface area contributed by atoms with Crippen molar-refractivity contribution in [2.75, 3.05) is 31.3 Å². The summed E-state index contributed by atoms with van der Waals surface area (Å²) in [6.07, 6.45) is 3.69. The molecule has 1 saturated carbocycles. The van der Waals surface area contributed by atoms with Crippen LogP contribution in [-0.4, -0.2) is 45.0 Å². The first kappa shape index (κ1) is 20.9. The van der Waals surface area contributed by atoms with Gasteiger partial charge in [-0.15, -0.1) is 0 Å². The number of anilines is 1. The minimum Gasteiger partial charge on any atom is -0.408 e. The zero-order valence-electron chi connectivity index (χ0n) is 16.4. The summed E-state index contributed by atoms with van der Waals surface area (Å²) in [5.74, 6) is 0.244. The predicted octanol–water partition coefficient (Wildman–Crippen LogP) is 2.15. The van der Waals surface area contributed by atoms with Crippen LogP contribution in [0.4, 0.5) is 5.69 Å². The number of nitrogens with one attached hydrogen (secondary N) is 2. The summed E-state index contributed by atoms with van der Waals surface area (Å²) in [7, 11) is -1.53. The Kier molecular flexibility index (Phi) is 6.79. The van der Waals surface area contributed by atoms with Crippen LogP contribution in [0.5, 0.6) is 0 Å². The molecule has 9 heteroatoms. The van der Waals surface area contributed by atoms with E-state index in [-0.39, 0.29) is 17.6 Å². The first-order chi connectivity index (χ1) is 13.4. The molecule has 1 aliphatic carbocycles. The molecule has 1 fully saturated rings. The first-order valence-electron chi connectivity index (χ1n) is 9.78. The molecule has 2 N–H and O–H groups in total. The Morgan fingerprint density at radius 3 is 2.68 bits per heavy atom. The normalized spacial score (nSPS) is 20.5. The second-order valence-corrected chi connectivity index (χ2v) is 9.36. The van der Waals surface area contributed by atoms with Gasteiger partial charge in [0.15, 0.2) is 5.58 Å². The fraction of sp³-hybridized carbons (Fsp3) is 0.632. The largest absolute Gasteiger partial charge is 0.420 e. The van der Waals surface area contributed by atoms with Crippen LogP contribution in [0.25, 0.3) is 11.1 Å². The Balaban J connectivity index is 1.54. The molecule has 0 unspecified atom stereocenters. The van der Waals surface area contributed by atoms with Crippen molar-refractivity contribution in [1.82, 2.24) is 9.29 Å². The topological polar surface area (TPSA) is 103 Å². The molecule has 1 heterocycles. The number of hydrogen-bond acceptors (Lipinski definition) is 6. The van der Waals surface area contributed by atoms with Gasteiger partial charge in [-0.3, -0.25) is 4.57 Å². The van der Waals surface area contributed by atoms with Crippen molar-refractivity contribution in [2.24, 2.45) is 5.92 Å². The lowest BCUT2D eigenvalue weighted by atomic mass is 9.86. The van der Waals surface area contributed by atoms with Gasteiger partial charge in [0.25, 0.3) is 0 Å². The van der Waals surface area contributed by atoms with Gasteiger partial charge in [-0.25, -0.2) is 17.9 Å². The van der Waals surface area contributed by atoms with Crippen molar-refractivity contribution in [3.63, 3.8) is 0 Å². The molecule has 1 aromatic heterocycles. The molecule has 8 nitrogen and oxygen atoms in total. The SMILES string of the molecule is CCS(=O)(=O)N[C@H]1CC[C@H](CNc2ccc3c(c2)oc(=O)n3CCOC)CC1. The Hall–Kier alpha value is -1.84. The van der Waals surface area contributed by atoms with Crippen molar-refractivity contribution >= 4 is 26.8 Å². The van der Waals surface area contributed by atoms with Crippen molar-refractivity contribution in [3.8, 4) is 0 Å². The van der Waals surface area contributed by atoms with Crippen LogP contribution in [0.3, 0.4) is 0 Å². The van der Waals surface area contributed by atoms with Gasteiger partial charge in [-0.2, -0.15) is 0 Å². The number of sulfonamides is 1. The number of hydrogen-bond donors (Lipinski definition) is 2. The highest BCUT2D eigenvalue weighted by molar-refractivity contribution is 7.89. The van der Waals surface area contributed by atoms with E-state index >= 15 is 0 Å². The first-order valence-corrected chi connectivity index (χ1v) is 11.4. The van der Waals surface area contributed by atoms with Gasteiger partial charge in [-0.05, 0) is 50.7 Å². The van der Waals surface area contributed by atoms with Crippen molar-refractivity contribution < 1.29 is 17.6 Å². The van der Waals surface area contributed by atoms with E-state index in [1.54, 1.807) is 18.6 Å². The molecule has 28 heavy (non-hydrogen) atoms. The number of methoxy groups -OCH3 is 1. The number of aromatic nitrogens is 1. The van der Waals surface area contributed by atoms with Crippen molar-refractivity contribution in [3.05, 3.63) is 28.7 Å². The van der Waals surface area contributed by atoms with Crippen LogP contribution in [0.2, 0.25) is 0 Å². The zero-order valence-corrected chi connectivity index (χ0v) is 17.3. The second-order valence-electron chi connectivity index (χ2n) is 7.31. The fourth-order valence-electron chi connectivity index (χ4n) is 3.65. The van der Waals surface area contributed by atoms with Crippen LogP contribution in [0, 0.1) is 5.92 Å². The Bertz CT molecular complexity index is 942. The maximum absolute atomic E-state index is 12.0. The van der Waals surface area contributed by atoms with Crippen LogP contribution >= 0.6 is 0 Å². The number of fused-ring (bicyclic) bond motifs is 1. The summed E-state index contributed by atoms with van der Waals surface area (Å²) >= 11 is 0. The van der Waals surface area contributed by atoms with Gasteiger partial charge in [0.05, 0.1) is 24.4 Å². The molecule has 0 aliphatic heterocycles. The highest BCUT2D eigenvalue weighted by Crippen LogP contribution is 2.26. The quantitative estimate of drug-likeness (QED) is 0.655. The summed E-state index contributed by atoms with van der Waals surface area (Å²) in [6, 6.07) is 5.73. The fourth-order valence-corrected chi connectivity index (χ4v) is 4.56. The van der Waals surface area contributed by atoms with E-state index in [1.807, 2.05) is 18.2 Å². The van der Waals surface area contributed by atoms with E-state index in [0.29, 0.717) is 24.7 Å². The summed E-state index contributed by atoms with van der Waals surface area (Å²) in [5.41, 5.74) is 2.23. The average Bonchev–Trinajstić information content (AvgIpc) is 2.99. The lowest BCUT2D eigenvalue weighted by molar-refractivity contribution is 0.186. The van der Waals surface area contributed by atoms with Gasteiger partial charge >= 0.3 is 5.76 Å². The molecule has 156 valence electrons. The molecule has 1 aliphatic rings. The van der Waals surface area contributed by atoms with E-state index in [0.717, 1.165) is 43.4 Å². The minimum atomic E-state index is -3.13. The monoisotopic (exact) mass is 411 g/mol. The molecule has 0 amide bonds. The van der Waals surface area contributed by atoms with Crippen molar-refractivity contribution in [2.45, 2.75) is 45.2 Å². The van der Waals surface area contributed by atoms with Gasteiger partial charge in [0.2, 0.25) is 10.0 Å². The minimum absolute atomic E-state index is 0.0543. The smallest absolute Gasteiger partial charge is 0.408 e. The Labute approximate surface area is 165 Å². The maximum Gasteiger partial charge on any atom is 0.420 e. The second kappa shape index (κ2) is 9.11. The third kappa shape index (κ3) is 5.15. The molecule has 0 spiro atoms. The van der Waals surface area contributed by atoms with E-state index in [9.17, 15) is 13.2 Å². The molecule has 3 rings (SSSR count). The summed E-state index contributed by atoms with van der Waals surface area (Å²) < 4.78 is 38.1. The standard InChI is InChI=1S/C19H29N3O5S/c1-3-28(24,25)21-15-6-4-14(5-7-15)13-20-16-8-9-17-18(12-16)27-19(23)22(17)10-11-26-2/h8-9,12,14-15,20-21H,3-7,10-11,13H2,1-2H3/t14-,15-. The van der Waals surface area contributed by atoms with Crippen LogP contribution in [0.15, 0.2) is 27.4 Å². The molecule has 0 bridgehead atoms. The van der Waals surface area contributed by atoms with Crippen LogP contribution in [-0.2, 0) is 21.3 Å². The van der Waals surface area contributed by atoms with Crippen LogP contribution in [0.1, 0.15) is 32.6 Å². The molecule has 0 atom stereocenters. The Morgan fingerprint density at radius 1 is 1.25 bits per heavy atom. The van der Waals surface area contributed by atoms with Gasteiger partial charge < -0.3 is 14.5 Å². The van der Waals surface area contributed by atoms with Crippen molar-refractivity contribution in [1.29, 1.82) is 0 Å². The molecular weight excluding hydrogens is 382 g/mol. The van der Waals surface area contributed by atoms with Gasteiger partial charge in [0.1, 0.15) is 0 Å². The van der Waals surface area contributed by atoms with E-state index < -0.39 is 10.0 Å². The molecule has 2 aromatic rings. The number of nitrogens with zero attached hydrogens (tertiary/aromatic N) is 1. The highest BCUT2D eigenvalue weighted by Gasteiger charge is 2.24. The van der Waals surface area contributed by atoms with Gasteiger partial charge in [-0.1, -0.05) is 0 Å². The maximum atomic E-state index is 12.0. The van der Waals surface area contributed by atoms with E-state index in [4.69, 9.17) is 9.15 Å². The number of ether oxygens (including phenoxy) is 1. The summed E-state index contributed by atoms with van der Waals surface area (Å²) in [4.78, 5) is 12.0. The van der Waals surface area contributed by atoms with E-state index in [1.165, 1.54) is 0 Å². The number of oxazole rings is 1. The van der Waals surface area contributed by atoms with Gasteiger partial charge in [0, 0.05) is 31.5 Å². The predicted molar refractivity (Wildman–Crippen MR) is 109 cm³/mol. The number of rotatable bonds is 9. The zero-order chi connectivity index (χ0) is 20.1. The lowest BCUT2D eigenvalue weighted by Crippen LogP contribution is -2.39. The highest BCUT2D eigenvalue weighted by atomic mass is 32.2.